The largest absolute Gasteiger partial charge is 0.394 e. The van der Waals surface area contributed by atoms with Gasteiger partial charge in [0.1, 0.15) is 18.3 Å². The Morgan fingerprint density at radius 1 is 1.27 bits per heavy atom. The third-order valence-electron chi connectivity index (χ3n) is 4.81. The zero-order valence-corrected chi connectivity index (χ0v) is 13.9. The van der Waals surface area contributed by atoms with Crippen LogP contribution in [0.2, 0.25) is 0 Å². The van der Waals surface area contributed by atoms with E-state index in [1.165, 1.54) is 4.57 Å². The fourth-order valence-corrected chi connectivity index (χ4v) is 3.49. The molecule has 2 aliphatic rings. The van der Waals surface area contributed by atoms with Crippen molar-refractivity contribution in [1.82, 2.24) is 19.5 Å². The van der Waals surface area contributed by atoms with Crippen molar-refractivity contribution in [2.24, 2.45) is 0 Å². The summed E-state index contributed by atoms with van der Waals surface area (Å²) in [5, 5.41) is 32.1. The highest BCUT2D eigenvalue weighted by Crippen LogP contribution is 2.35. The molecule has 12 heteroatoms. The first-order valence-electron chi connectivity index (χ1n) is 8.48. The highest BCUT2D eigenvalue weighted by molar-refractivity contribution is 5.75. The number of piperazine rings is 1. The Labute approximate surface area is 147 Å². The van der Waals surface area contributed by atoms with Gasteiger partial charge in [-0.15, -0.1) is 0 Å². The summed E-state index contributed by atoms with van der Waals surface area (Å²) in [6.07, 6.45) is -4.60. The summed E-state index contributed by atoms with van der Waals surface area (Å²) in [4.78, 5) is 25.2. The summed E-state index contributed by atoms with van der Waals surface area (Å²) >= 11 is 0. The van der Waals surface area contributed by atoms with Crippen LogP contribution >= 0.6 is 0 Å². The van der Waals surface area contributed by atoms with Gasteiger partial charge in [0.2, 0.25) is 11.9 Å². The molecule has 4 atom stereocenters. The minimum atomic E-state index is -1.32. The summed E-state index contributed by atoms with van der Waals surface area (Å²) in [6, 6.07) is 0. The van der Waals surface area contributed by atoms with E-state index >= 15 is 0 Å². The smallest absolute Gasteiger partial charge is 0.280 e. The standard InChI is InChI=1S/C14H21N7O5/c15-13-18-10-7(11(25)19-13)17-14(20-3-1-16-2-4-20)21(10)12-9(24)8(23)6(5-22)26-12/h6,8-9,12,16,22-24H,1-5H2,(H3,15,18,19,25)/p+1/t6-,8+,9-,12-/m0/s1. The molecule has 0 aromatic carbocycles. The van der Waals surface area contributed by atoms with Gasteiger partial charge in [-0.05, 0) is 0 Å². The van der Waals surface area contributed by atoms with E-state index in [9.17, 15) is 20.1 Å². The lowest BCUT2D eigenvalue weighted by Gasteiger charge is -2.29. The molecule has 12 nitrogen and oxygen atoms in total. The monoisotopic (exact) mass is 368 g/mol. The van der Waals surface area contributed by atoms with Gasteiger partial charge in [0, 0.05) is 0 Å². The van der Waals surface area contributed by atoms with Crippen molar-refractivity contribution in [3.8, 4) is 0 Å². The SMILES string of the molecule is Nc1nc2c(nc(N3CC[NH2+]CC3)n2[C@H]2O[C@@H](CO)[C@@H](O)[C@@H]2O)c(=O)[nH]1. The van der Waals surface area contributed by atoms with Crippen LogP contribution < -0.4 is 21.5 Å². The average molecular weight is 368 g/mol. The highest BCUT2D eigenvalue weighted by Gasteiger charge is 2.45. The van der Waals surface area contributed by atoms with Crippen LogP contribution in [-0.4, -0.2) is 85.9 Å². The van der Waals surface area contributed by atoms with Crippen molar-refractivity contribution in [2.75, 3.05) is 43.4 Å². The van der Waals surface area contributed by atoms with Crippen LogP contribution in [0, 0.1) is 0 Å². The first-order chi connectivity index (χ1) is 12.5. The quantitative estimate of drug-likeness (QED) is 0.312. The van der Waals surface area contributed by atoms with Crippen LogP contribution in [0.25, 0.3) is 11.2 Å². The number of nitrogens with two attached hydrogens (primary N) is 2. The predicted octanol–water partition coefficient (Wildman–Crippen LogP) is -4.30. The lowest BCUT2D eigenvalue weighted by molar-refractivity contribution is -0.655. The second-order valence-corrected chi connectivity index (χ2v) is 6.49. The first-order valence-corrected chi connectivity index (χ1v) is 8.48. The van der Waals surface area contributed by atoms with Crippen molar-refractivity contribution >= 4 is 23.1 Å². The number of aromatic amines is 1. The maximum Gasteiger partial charge on any atom is 0.280 e. The Kier molecular flexibility index (Phi) is 4.28. The molecule has 0 spiro atoms. The van der Waals surface area contributed by atoms with Crippen LogP contribution in [0.4, 0.5) is 11.9 Å². The molecule has 2 fully saturated rings. The molecule has 0 saturated carbocycles. The maximum atomic E-state index is 12.3. The number of aromatic nitrogens is 4. The van der Waals surface area contributed by atoms with Gasteiger partial charge >= 0.3 is 0 Å². The number of nitrogens with one attached hydrogen (secondary N) is 1. The molecular weight excluding hydrogens is 346 g/mol. The second kappa shape index (κ2) is 6.48. The Bertz CT molecular complexity index is 861. The first kappa shape index (κ1) is 17.2. The van der Waals surface area contributed by atoms with E-state index in [1.54, 1.807) is 0 Å². The van der Waals surface area contributed by atoms with Crippen molar-refractivity contribution < 1.29 is 25.4 Å². The number of quaternary nitrogens is 1. The number of imidazole rings is 1. The van der Waals surface area contributed by atoms with E-state index in [2.05, 4.69) is 20.3 Å². The zero-order chi connectivity index (χ0) is 18.4. The summed E-state index contributed by atoms with van der Waals surface area (Å²) in [6.45, 7) is 2.62. The number of nitrogen functional groups attached to an aromatic ring is 1. The second-order valence-electron chi connectivity index (χ2n) is 6.49. The van der Waals surface area contributed by atoms with E-state index in [1.807, 2.05) is 4.90 Å². The predicted molar refractivity (Wildman–Crippen MR) is 89.4 cm³/mol. The summed E-state index contributed by atoms with van der Waals surface area (Å²) in [5.74, 6) is 0.320. The van der Waals surface area contributed by atoms with E-state index < -0.39 is 36.7 Å². The Morgan fingerprint density at radius 3 is 2.65 bits per heavy atom. The molecule has 0 aliphatic carbocycles. The van der Waals surface area contributed by atoms with Crippen LogP contribution in [0.5, 0.6) is 0 Å². The number of fused-ring (bicyclic) bond motifs is 1. The number of H-pyrrole nitrogens is 1. The van der Waals surface area contributed by atoms with Gasteiger partial charge in [0.25, 0.3) is 5.56 Å². The molecule has 4 heterocycles. The molecule has 0 amide bonds. The Hall–Kier alpha value is -2.25. The number of aliphatic hydroxyl groups excluding tert-OH is 3. The van der Waals surface area contributed by atoms with Gasteiger partial charge in [-0.2, -0.15) is 4.98 Å². The molecule has 142 valence electrons. The number of aliphatic hydroxyl groups is 3. The average Bonchev–Trinajstić information content (AvgIpc) is 3.14. The summed E-state index contributed by atoms with van der Waals surface area (Å²) in [7, 11) is 0. The van der Waals surface area contributed by atoms with Crippen LogP contribution in [-0.2, 0) is 4.74 Å². The van der Waals surface area contributed by atoms with Gasteiger partial charge in [0.05, 0.1) is 32.8 Å². The molecule has 8 N–H and O–H groups in total. The van der Waals surface area contributed by atoms with Crippen LogP contribution in [0.15, 0.2) is 4.79 Å². The number of nitrogens with zero attached hydrogens (tertiary/aromatic N) is 4. The lowest BCUT2D eigenvalue weighted by atomic mass is 10.1. The number of ether oxygens (including phenoxy) is 1. The highest BCUT2D eigenvalue weighted by atomic mass is 16.6. The molecule has 0 radical (unpaired) electrons. The van der Waals surface area contributed by atoms with Crippen molar-refractivity contribution in [3.05, 3.63) is 10.4 Å². The summed E-state index contributed by atoms with van der Waals surface area (Å²) in [5.41, 5.74) is 5.41. The molecule has 2 aromatic rings. The molecule has 26 heavy (non-hydrogen) atoms. The zero-order valence-electron chi connectivity index (χ0n) is 13.9. The van der Waals surface area contributed by atoms with Gasteiger partial charge in [0.15, 0.2) is 17.4 Å². The molecule has 4 rings (SSSR count). The van der Waals surface area contributed by atoms with Gasteiger partial charge in [-0.3, -0.25) is 14.3 Å². The Balaban J connectivity index is 1.89. The number of hydrogen-bond donors (Lipinski definition) is 6. The third-order valence-corrected chi connectivity index (χ3v) is 4.81. The minimum Gasteiger partial charge on any atom is -0.394 e. The summed E-state index contributed by atoms with van der Waals surface area (Å²) < 4.78 is 7.13. The van der Waals surface area contributed by atoms with Gasteiger partial charge in [-0.1, -0.05) is 0 Å². The Morgan fingerprint density at radius 2 is 2.00 bits per heavy atom. The molecule has 2 aromatic heterocycles. The van der Waals surface area contributed by atoms with Gasteiger partial charge < -0.3 is 36.0 Å². The molecular formula is C14H22N7O5+. The number of anilines is 2. The molecule has 2 aliphatic heterocycles. The lowest BCUT2D eigenvalue weighted by Crippen LogP contribution is -2.89. The molecule has 0 unspecified atom stereocenters. The number of hydrogen-bond acceptors (Lipinski definition) is 9. The van der Waals surface area contributed by atoms with Crippen LogP contribution in [0.3, 0.4) is 0 Å². The fourth-order valence-electron chi connectivity index (χ4n) is 3.49. The van der Waals surface area contributed by atoms with E-state index in [0.717, 1.165) is 13.1 Å². The minimum absolute atomic E-state index is 0.0708. The molecule has 2 saturated heterocycles. The number of rotatable bonds is 3. The molecule has 0 bridgehead atoms. The van der Waals surface area contributed by atoms with Crippen molar-refractivity contribution in [1.29, 1.82) is 0 Å². The van der Waals surface area contributed by atoms with E-state index in [-0.39, 0.29) is 17.1 Å². The van der Waals surface area contributed by atoms with Crippen LogP contribution in [0.1, 0.15) is 6.23 Å². The van der Waals surface area contributed by atoms with Crippen molar-refractivity contribution in [2.45, 2.75) is 24.5 Å². The normalized spacial score (nSPS) is 29.6. The maximum absolute atomic E-state index is 12.3. The third kappa shape index (κ3) is 2.62. The van der Waals surface area contributed by atoms with E-state index in [0.29, 0.717) is 19.0 Å². The van der Waals surface area contributed by atoms with Gasteiger partial charge in [-0.25, -0.2) is 4.98 Å². The fraction of sp³-hybridized carbons (Fsp3) is 0.643. The topological polar surface area (TPSA) is 179 Å². The van der Waals surface area contributed by atoms with E-state index in [4.69, 9.17) is 10.5 Å². The van der Waals surface area contributed by atoms with Crippen molar-refractivity contribution in [3.63, 3.8) is 0 Å².